The summed E-state index contributed by atoms with van der Waals surface area (Å²) in [6.45, 7) is 2.65. The van der Waals surface area contributed by atoms with Crippen molar-refractivity contribution in [2.24, 2.45) is 0 Å². The van der Waals surface area contributed by atoms with Crippen molar-refractivity contribution in [2.45, 2.75) is 18.7 Å². The number of amides is 1. The normalized spacial score (nSPS) is 10.9. The standard InChI is InChI=1S/C16H15NO5S/c1-11(18)13-6-5-7-14(10-13)23(20,21)22-16-9-4-3-8-15(16)17-12(2)19/h3-10H,1-2H3,(H,17,19). The molecule has 23 heavy (non-hydrogen) atoms. The van der Waals surface area contributed by atoms with Crippen LogP contribution in [0.15, 0.2) is 53.4 Å². The van der Waals surface area contributed by atoms with E-state index >= 15 is 0 Å². The van der Waals surface area contributed by atoms with E-state index in [1.165, 1.54) is 50.2 Å². The van der Waals surface area contributed by atoms with Gasteiger partial charge >= 0.3 is 10.1 Å². The summed E-state index contributed by atoms with van der Waals surface area (Å²) in [6.07, 6.45) is 0. The maximum absolute atomic E-state index is 12.4. The molecule has 0 aromatic heterocycles. The van der Waals surface area contributed by atoms with Crippen molar-refractivity contribution in [2.75, 3.05) is 5.32 Å². The average molecular weight is 333 g/mol. The maximum atomic E-state index is 12.4. The molecule has 7 heteroatoms. The lowest BCUT2D eigenvalue weighted by Gasteiger charge is -2.12. The summed E-state index contributed by atoms with van der Waals surface area (Å²) in [5.41, 5.74) is 0.510. The number of Topliss-reactive ketones (excluding diaryl/α,β-unsaturated/α-hetero) is 1. The third kappa shape index (κ3) is 4.17. The summed E-state index contributed by atoms with van der Waals surface area (Å²) in [4.78, 5) is 22.4. The summed E-state index contributed by atoms with van der Waals surface area (Å²) in [5, 5.41) is 2.49. The van der Waals surface area contributed by atoms with Crippen molar-refractivity contribution in [3.63, 3.8) is 0 Å². The van der Waals surface area contributed by atoms with E-state index < -0.39 is 10.1 Å². The van der Waals surface area contributed by atoms with Crippen molar-refractivity contribution in [3.8, 4) is 5.75 Å². The molecule has 0 aliphatic heterocycles. The van der Waals surface area contributed by atoms with Gasteiger partial charge in [0.05, 0.1) is 5.69 Å². The van der Waals surface area contributed by atoms with Gasteiger partial charge in [-0.3, -0.25) is 9.59 Å². The van der Waals surface area contributed by atoms with Crippen molar-refractivity contribution < 1.29 is 22.2 Å². The summed E-state index contributed by atoms with van der Waals surface area (Å²) < 4.78 is 29.8. The van der Waals surface area contributed by atoms with Crippen molar-refractivity contribution in [1.82, 2.24) is 0 Å². The molecule has 2 rings (SSSR count). The Morgan fingerprint density at radius 3 is 2.35 bits per heavy atom. The summed E-state index contributed by atoms with van der Waals surface area (Å²) in [7, 11) is -4.13. The second kappa shape index (κ2) is 6.62. The van der Waals surface area contributed by atoms with Crippen molar-refractivity contribution in [1.29, 1.82) is 0 Å². The number of carbonyl (C=O) groups excluding carboxylic acids is 2. The Balaban J connectivity index is 2.37. The molecule has 0 spiro atoms. The first-order valence-corrected chi connectivity index (χ1v) is 8.12. The van der Waals surface area contributed by atoms with Crippen LogP contribution in [-0.4, -0.2) is 20.1 Å². The molecule has 0 bridgehead atoms. The number of para-hydroxylation sites is 2. The first-order chi connectivity index (χ1) is 10.8. The monoisotopic (exact) mass is 333 g/mol. The molecule has 0 radical (unpaired) electrons. The molecule has 1 amide bonds. The van der Waals surface area contributed by atoms with E-state index in [4.69, 9.17) is 4.18 Å². The minimum atomic E-state index is -4.13. The Morgan fingerprint density at radius 1 is 1.00 bits per heavy atom. The zero-order valence-corrected chi connectivity index (χ0v) is 13.4. The highest BCUT2D eigenvalue weighted by Crippen LogP contribution is 2.27. The fourth-order valence-electron chi connectivity index (χ4n) is 1.87. The third-order valence-electron chi connectivity index (χ3n) is 2.93. The first-order valence-electron chi connectivity index (χ1n) is 6.72. The lowest BCUT2D eigenvalue weighted by atomic mass is 10.2. The van der Waals surface area contributed by atoms with E-state index in [2.05, 4.69) is 5.32 Å². The van der Waals surface area contributed by atoms with E-state index in [0.29, 0.717) is 0 Å². The minimum Gasteiger partial charge on any atom is -0.377 e. The molecule has 120 valence electrons. The Kier molecular flexibility index (Phi) is 4.80. The van der Waals surface area contributed by atoms with E-state index in [0.717, 1.165) is 0 Å². The summed E-state index contributed by atoms with van der Waals surface area (Å²) >= 11 is 0. The molecule has 0 fully saturated rings. The van der Waals surface area contributed by atoms with Gasteiger partial charge < -0.3 is 9.50 Å². The fraction of sp³-hybridized carbons (Fsp3) is 0.125. The molecule has 0 heterocycles. The number of nitrogens with one attached hydrogen (secondary N) is 1. The molecule has 2 aromatic carbocycles. The highest BCUT2D eigenvalue weighted by molar-refractivity contribution is 7.87. The van der Waals surface area contributed by atoms with Crippen LogP contribution in [0.25, 0.3) is 0 Å². The zero-order chi connectivity index (χ0) is 17.0. The lowest BCUT2D eigenvalue weighted by Crippen LogP contribution is -2.13. The van der Waals surface area contributed by atoms with Crippen LogP contribution in [0.3, 0.4) is 0 Å². The third-order valence-corrected chi connectivity index (χ3v) is 4.16. The molecule has 0 saturated carbocycles. The number of hydrogen-bond donors (Lipinski definition) is 1. The Morgan fingerprint density at radius 2 is 1.70 bits per heavy atom. The molecule has 0 aliphatic carbocycles. The number of hydrogen-bond acceptors (Lipinski definition) is 5. The second-order valence-corrected chi connectivity index (χ2v) is 6.35. The molecular formula is C16H15NO5S. The van der Waals surface area contributed by atoms with Crippen LogP contribution in [0, 0.1) is 0 Å². The molecule has 6 nitrogen and oxygen atoms in total. The van der Waals surface area contributed by atoms with Crippen LogP contribution in [0.2, 0.25) is 0 Å². The largest absolute Gasteiger partial charge is 0.377 e. The highest BCUT2D eigenvalue weighted by Gasteiger charge is 2.19. The van der Waals surface area contributed by atoms with Crippen molar-refractivity contribution in [3.05, 3.63) is 54.1 Å². The molecule has 0 saturated heterocycles. The van der Waals surface area contributed by atoms with Crippen molar-refractivity contribution >= 4 is 27.5 Å². The van der Waals surface area contributed by atoms with Gasteiger partial charge in [-0.15, -0.1) is 0 Å². The predicted octanol–water partition coefficient (Wildman–Crippen LogP) is 2.62. The number of ketones is 1. The summed E-state index contributed by atoms with van der Waals surface area (Å²) in [6, 6.07) is 11.7. The fourth-order valence-corrected chi connectivity index (χ4v) is 2.86. The number of anilines is 1. The van der Waals surface area contributed by atoms with Gasteiger partial charge in [-0.1, -0.05) is 24.3 Å². The van der Waals surface area contributed by atoms with Gasteiger partial charge in [0.25, 0.3) is 0 Å². The van der Waals surface area contributed by atoms with Crippen LogP contribution in [0.5, 0.6) is 5.75 Å². The van der Waals surface area contributed by atoms with Gasteiger partial charge in [0.1, 0.15) is 4.90 Å². The van der Waals surface area contributed by atoms with Gasteiger partial charge in [0, 0.05) is 12.5 Å². The topological polar surface area (TPSA) is 89.5 Å². The van der Waals surface area contributed by atoms with Crippen LogP contribution < -0.4 is 9.50 Å². The quantitative estimate of drug-likeness (QED) is 0.671. The zero-order valence-electron chi connectivity index (χ0n) is 12.6. The number of rotatable bonds is 5. The first kappa shape index (κ1) is 16.7. The van der Waals surface area contributed by atoms with E-state index in [1.54, 1.807) is 12.1 Å². The van der Waals surface area contributed by atoms with Crippen LogP contribution in [0.1, 0.15) is 24.2 Å². The van der Waals surface area contributed by atoms with Crippen LogP contribution in [0.4, 0.5) is 5.69 Å². The molecule has 0 aliphatic rings. The minimum absolute atomic E-state index is 0.00377. The van der Waals surface area contributed by atoms with Crippen LogP contribution >= 0.6 is 0 Å². The van der Waals surface area contributed by atoms with Gasteiger partial charge in [-0.2, -0.15) is 8.42 Å². The molecule has 1 N–H and O–H groups in total. The number of benzene rings is 2. The smallest absolute Gasteiger partial charge is 0.339 e. The van der Waals surface area contributed by atoms with E-state index in [-0.39, 0.29) is 33.6 Å². The molecule has 0 unspecified atom stereocenters. The SMILES string of the molecule is CC(=O)Nc1ccccc1OS(=O)(=O)c1cccc(C(C)=O)c1. The Labute approximate surface area is 134 Å². The van der Waals surface area contributed by atoms with Gasteiger partial charge in [0.15, 0.2) is 11.5 Å². The summed E-state index contributed by atoms with van der Waals surface area (Å²) in [5.74, 6) is -0.603. The van der Waals surface area contributed by atoms with Gasteiger partial charge in [0.2, 0.25) is 5.91 Å². The Bertz CT molecular complexity index is 858. The predicted molar refractivity (Wildman–Crippen MR) is 85.0 cm³/mol. The molecule has 2 aromatic rings. The Hall–Kier alpha value is -2.67. The van der Waals surface area contributed by atoms with E-state index in [9.17, 15) is 18.0 Å². The highest BCUT2D eigenvalue weighted by atomic mass is 32.2. The van der Waals surface area contributed by atoms with Gasteiger partial charge in [-0.05, 0) is 31.2 Å². The van der Waals surface area contributed by atoms with Gasteiger partial charge in [-0.25, -0.2) is 0 Å². The van der Waals surface area contributed by atoms with E-state index in [1.807, 2.05) is 0 Å². The second-order valence-electron chi connectivity index (χ2n) is 4.80. The van der Waals surface area contributed by atoms with Crippen LogP contribution in [-0.2, 0) is 14.9 Å². The lowest BCUT2D eigenvalue weighted by molar-refractivity contribution is -0.114. The molecule has 0 atom stereocenters. The average Bonchev–Trinajstić information content (AvgIpc) is 2.48. The number of carbonyl (C=O) groups is 2. The molecular weight excluding hydrogens is 318 g/mol. The maximum Gasteiger partial charge on any atom is 0.339 e.